The van der Waals surface area contributed by atoms with Crippen LogP contribution in [0.2, 0.25) is 5.04 Å². The van der Waals surface area contributed by atoms with E-state index >= 15 is 0 Å². The molecule has 130 valence electrons. The molecule has 1 unspecified atom stereocenters. The minimum Gasteiger partial charge on any atom is -0.403 e. The zero-order valence-corrected chi connectivity index (χ0v) is 16.6. The maximum Gasteiger partial charge on any atom is 0.261 e. The summed E-state index contributed by atoms with van der Waals surface area (Å²) in [5, 5.41) is 6.25. The Morgan fingerprint density at radius 3 is 1.79 bits per heavy atom. The molecule has 1 atom stereocenters. The fourth-order valence-electron chi connectivity index (χ4n) is 3.67. The molecule has 24 heavy (non-hydrogen) atoms. The van der Waals surface area contributed by atoms with Gasteiger partial charge in [-0.1, -0.05) is 81.4 Å². The molecule has 0 radical (unpaired) electrons. The van der Waals surface area contributed by atoms with E-state index in [0.29, 0.717) is 6.10 Å². The third-order valence-corrected chi connectivity index (χ3v) is 9.87. The first-order valence-corrected chi connectivity index (χ1v) is 10.4. The summed E-state index contributed by atoms with van der Waals surface area (Å²) in [5.74, 6) is 0. The fraction of sp³-hybridized carbons (Fsp3) is 0.400. The summed E-state index contributed by atoms with van der Waals surface area (Å²) in [4.78, 5) is 0. The second-order valence-electron chi connectivity index (χ2n) is 7.40. The van der Waals surface area contributed by atoms with E-state index in [1.807, 2.05) is 0 Å². The molecule has 1 saturated heterocycles. The van der Waals surface area contributed by atoms with Gasteiger partial charge in [0.1, 0.15) is 0 Å². The van der Waals surface area contributed by atoms with E-state index in [4.69, 9.17) is 4.43 Å². The Balaban J connectivity index is 0.00000208. The van der Waals surface area contributed by atoms with Gasteiger partial charge in [0.15, 0.2) is 0 Å². The van der Waals surface area contributed by atoms with E-state index in [1.165, 1.54) is 10.4 Å². The van der Waals surface area contributed by atoms with Crippen molar-refractivity contribution in [1.29, 1.82) is 0 Å². The highest BCUT2D eigenvalue weighted by atomic mass is 35.5. The van der Waals surface area contributed by atoms with E-state index in [0.717, 1.165) is 19.5 Å². The molecule has 1 N–H and O–H groups in total. The van der Waals surface area contributed by atoms with Crippen LogP contribution < -0.4 is 15.7 Å². The van der Waals surface area contributed by atoms with E-state index in [1.54, 1.807) is 0 Å². The van der Waals surface area contributed by atoms with Gasteiger partial charge in [-0.25, -0.2) is 0 Å². The van der Waals surface area contributed by atoms with Crippen LogP contribution >= 0.6 is 12.4 Å². The number of benzene rings is 2. The van der Waals surface area contributed by atoms with E-state index in [2.05, 4.69) is 86.8 Å². The predicted molar refractivity (Wildman–Crippen MR) is 107 cm³/mol. The average molecular weight is 362 g/mol. The van der Waals surface area contributed by atoms with E-state index < -0.39 is 8.32 Å². The molecule has 0 spiro atoms. The van der Waals surface area contributed by atoms with E-state index in [-0.39, 0.29) is 17.4 Å². The van der Waals surface area contributed by atoms with Crippen molar-refractivity contribution in [1.82, 2.24) is 5.32 Å². The van der Waals surface area contributed by atoms with Crippen molar-refractivity contribution in [2.75, 3.05) is 13.1 Å². The van der Waals surface area contributed by atoms with Crippen LogP contribution in [-0.4, -0.2) is 27.5 Å². The second kappa shape index (κ2) is 7.83. The van der Waals surface area contributed by atoms with Crippen LogP contribution in [0.5, 0.6) is 0 Å². The summed E-state index contributed by atoms with van der Waals surface area (Å²) in [5.41, 5.74) is 0. The normalized spacial score (nSPS) is 18.2. The highest BCUT2D eigenvalue weighted by Gasteiger charge is 2.51. The summed E-state index contributed by atoms with van der Waals surface area (Å²) in [6, 6.07) is 21.8. The van der Waals surface area contributed by atoms with Crippen molar-refractivity contribution >= 4 is 31.1 Å². The molecule has 1 heterocycles. The molecule has 0 aliphatic carbocycles. The lowest BCUT2D eigenvalue weighted by atomic mass is 10.2. The summed E-state index contributed by atoms with van der Waals surface area (Å²) in [7, 11) is -2.35. The van der Waals surface area contributed by atoms with Crippen molar-refractivity contribution in [2.24, 2.45) is 0 Å². The first kappa shape index (κ1) is 19.2. The Morgan fingerprint density at radius 2 is 1.42 bits per heavy atom. The van der Waals surface area contributed by atoms with Gasteiger partial charge in [-0.3, -0.25) is 0 Å². The molecule has 0 bridgehead atoms. The van der Waals surface area contributed by atoms with Gasteiger partial charge in [-0.05, 0) is 28.4 Å². The summed E-state index contributed by atoms with van der Waals surface area (Å²) < 4.78 is 7.01. The Bertz CT molecular complexity index is 582. The van der Waals surface area contributed by atoms with Crippen molar-refractivity contribution in [3.05, 3.63) is 60.7 Å². The molecule has 4 heteroatoms. The van der Waals surface area contributed by atoms with Gasteiger partial charge in [0, 0.05) is 6.54 Å². The van der Waals surface area contributed by atoms with Crippen LogP contribution in [0.3, 0.4) is 0 Å². The average Bonchev–Trinajstić information content (AvgIpc) is 3.06. The van der Waals surface area contributed by atoms with Gasteiger partial charge in [0.05, 0.1) is 6.10 Å². The lowest BCUT2D eigenvalue weighted by Gasteiger charge is -2.44. The molecule has 2 aromatic rings. The first-order chi connectivity index (χ1) is 11.0. The molecule has 0 amide bonds. The van der Waals surface area contributed by atoms with Crippen LogP contribution in [0.15, 0.2) is 60.7 Å². The maximum absolute atomic E-state index is 7.01. The molecular formula is C20H28ClNOSi. The molecular weight excluding hydrogens is 334 g/mol. The molecule has 1 fully saturated rings. The highest BCUT2D eigenvalue weighted by Crippen LogP contribution is 2.37. The summed E-state index contributed by atoms with van der Waals surface area (Å²) in [6.45, 7) is 9.03. The molecule has 0 aromatic heterocycles. The molecule has 1 aliphatic rings. The monoisotopic (exact) mass is 361 g/mol. The van der Waals surface area contributed by atoms with Gasteiger partial charge in [-0.2, -0.15) is 0 Å². The Labute approximate surface area is 153 Å². The minimum absolute atomic E-state index is 0. The Morgan fingerprint density at radius 1 is 0.917 bits per heavy atom. The van der Waals surface area contributed by atoms with Gasteiger partial charge in [0.2, 0.25) is 0 Å². The van der Waals surface area contributed by atoms with Crippen molar-refractivity contribution in [2.45, 2.75) is 38.3 Å². The van der Waals surface area contributed by atoms with Crippen LogP contribution in [0.1, 0.15) is 27.2 Å². The zero-order chi connectivity index (χ0) is 16.3. The van der Waals surface area contributed by atoms with Crippen molar-refractivity contribution in [3.8, 4) is 0 Å². The molecule has 3 rings (SSSR count). The van der Waals surface area contributed by atoms with Crippen LogP contribution in [0.25, 0.3) is 0 Å². The largest absolute Gasteiger partial charge is 0.403 e. The summed E-state index contributed by atoms with van der Waals surface area (Å²) >= 11 is 0. The van der Waals surface area contributed by atoms with E-state index in [9.17, 15) is 0 Å². The Hall–Kier alpha value is -1.13. The number of nitrogens with one attached hydrogen (secondary N) is 1. The minimum atomic E-state index is -2.35. The van der Waals surface area contributed by atoms with Gasteiger partial charge in [-0.15, -0.1) is 12.4 Å². The predicted octanol–water partition coefficient (Wildman–Crippen LogP) is 3.35. The molecule has 2 aromatic carbocycles. The third-order valence-electron chi connectivity index (χ3n) is 4.78. The topological polar surface area (TPSA) is 21.3 Å². The first-order valence-electron chi connectivity index (χ1n) is 8.53. The number of hydrogen-bond acceptors (Lipinski definition) is 2. The third kappa shape index (κ3) is 3.59. The highest BCUT2D eigenvalue weighted by molar-refractivity contribution is 6.99. The fourth-order valence-corrected chi connectivity index (χ4v) is 8.39. The smallest absolute Gasteiger partial charge is 0.261 e. The van der Waals surface area contributed by atoms with Crippen LogP contribution in [-0.2, 0) is 4.43 Å². The zero-order valence-electron chi connectivity index (χ0n) is 14.8. The standard InChI is InChI=1S/C20H27NOSi.ClH/c1-20(2,3)23(18-10-6-4-7-11-18,19-12-8-5-9-13-19)22-17-14-15-21-16-17;/h4-13,17,21H,14-16H2,1-3H3;1H. The lowest BCUT2D eigenvalue weighted by molar-refractivity contribution is 0.207. The van der Waals surface area contributed by atoms with Crippen molar-refractivity contribution in [3.63, 3.8) is 0 Å². The summed E-state index contributed by atoms with van der Waals surface area (Å²) in [6.07, 6.45) is 1.41. The van der Waals surface area contributed by atoms with Crippen LogP contribution in [0, 0.1) is 0 Å². The Kier molecular flexibility index (Phi) is 6.26. The molecule has 2 nitrogen and oxygen atoms in total. The number of halogens is 1. The maximum atomic E-state index is 7.01. The van der Waals surface area contributed by atoms with Crippen LogP contribution in [0.4, 0.5) is 0 Å². The van der Waals surface area contributed by atoms with Gasteiger partial charge in [0.25, 0.3) is 8.32 Å². The quantitative estimate of drug-likeness (QED) is 0.843. The van der Waals surface area contributed by atoms with Gasteiger partial charge < -0.3 is 9.74 Å². The molecule has 1 aliphatic heterocycles. The van der Waals surface area contributed by atoms with Gasteiger partial charge >= 0.3 is 0 Å². The van der Waals surface area contributed by atoms with Crippen molar-refractivity contribution < 1.29 is 4.43 Å². The SMILES string of the molecule is CC(C)(C)[Si](OC1CCNC1)(c1ccccc1)c1ccccc1.Cl. The number of hydrogen-bond donors (Lipinski definition) is 1. The molecule has 0 saturated carbocycles. The lowest BCUT2D eigenvalue weighted by Crippen LogP contribution is -2.67. The number of rotatable bonds is 4. The second-order valence-corrected chi connectivity index (χ2v) is 11.6.